The van der Waals surface area contributed by atoms with Gasteiger partial charge >= 0.3 is 0 Å². The van der Waals surface area contributed by atoms with E-state index in [4.69, 9.17) is 0 Å². The molecular weight excluding hydrogens is 408 g/mol. The van der Waals surface area contributed by atoms with E-state index in [9.17, 15) is 22.0 Å². The Morgan fingerprint density at radius 2 is 2.04 bits per heavy atom. The number of aromatic nitrogens is 1. The van der Waals surface area contributed by atoms with E-state index in [-0.39, 0.29) is 34.4 Å². The number of benzene rings is 1. The summed E-state index contributed by atoms with van der Waals surface area (Å²) in [7, 11) is -3.30. The molecule has 1 saturated carbocycles. The summed E-state index contributed by atoms with van der Waals surface area (Å²) in [6, 6.07) is 3.43. The third kappa shape index (κ3) is 3.94. The fourth-order valence-electron chi connectivity index (χ4n) is 3.65. The number of thiazole rings is 1. The molecule has 2 heterocycles. The molecule has 150 valence electrons. The van der Waals surface area contributed by atoms with E-state index in [1.54, 1.807) is 11.1 Å². The van der Waals surface area contributed by atoms with Gasteiger partial charge in [-0.15, -0.1) is 11.3 Å². The second-order valence-electron chi connectivity index (χ2n) is 7.27. The molecule has 2 aliphatic rings. The highest BCUT2D eigenvalue weighted by atomic mass is 32.2. The van der Waals surface area contributed by atoms with E-state index in [2.05, 4.69) is 9.71 Å². The van der Waals surface area contributed by atoms with Gasteiger partial charge in [0.25, 0.3) is 0 Å². The van der Waals surface area contributed by atoms with E-state index in [1.807, 2.05) is 0 Å². The molecule has 1 aliphatic heterocycles. The quantitative estimate of drug-likeness (QED) is 0.795. The van der Waals surface area contributed by atoms with Crippen LogP contribution in [0.4, 0.5) is 8.78 Å². The molecule has 4 rings (SSSR count). The van der Waals surface area contributed by atoms with Crippen LogP contribution in [-0.2, 0) is 14.8 Å². The van der Waals surface area contributed by atoms with Gasteiger partial charge in [0.1, 0.15) is 16.6 Å². The summed E-state index contributed by atoms with van der Waals surface area (Å²) in [5, 5.41) is 0.266. The Kier molecular flexibility index (Phi) is 4.96. The smallest absolute Gasteiger partial charge is 0.226 e. The van der Waals surface area contributed by atoms with Crippen molar-refractivity contribution in [2.24, 2.45) is 5.92 Å². The first-order valence-corrected chi connectivity index (χ1v) is 11.6. The van der Waals surface area contributed by atoms with Crippen molar-refractivity contribution >= 4 is 27.3 Å². The second-order valence-corrected chi connectivity index (χ2v) is 10.1. The fourth-order valence-corrected chi connectivity index (χ4v) is 5.59. The summed E-state index contributed by atoms with van der Waals surface area (Å²) in [6.07, 6.45) is 3.95. The van der Waals surface area contributed by atoms with Crippen molar-refractivity contribution in [1.82, 2.24) is 14.6 Å². The SMILES string of the molecule is CS(=O)(=O)N[C@@H]1CCN(C(=O)[C@@H]2C[C@H]2c2cnc(-c3c(F)cccc3F)s2)C1. The number of carbonyl (C=O) groups excluding carboxylic acids is 1. The molecule has 1 amide bonds. The number of carbonyl (C=O) groups is 1. The van der Waals surface area contributed by atoms with Crippen molar-refractivity contribution in [2.45, 2.75) is 24.8 Å². The van der Waals surface area contributed by atoms with Crippen molar-refractivity contribution in [2.75, 3.05) is 19.3 Å². The minimum absolute atomic E-state index is 0.00417. The maximum atomic E-state index is 13.9. The topological polar surface area (TPSA) is 79.4 Å². The van der Waals surface area contributed by atoms with E-state index in [0.29, 0.717) is 25.9 Å². The number of amides is 1. The summed E-state index contributed by atoms with van der Waals surface area (Å²) < 4.78 is 53.1. The molecule has 1 aromatic carbocycles. The molecule has 3 atom stereocenters. The molecule has 1 saturated heterocycles. The first kappa shape index (κ1) is 19.4. The van der Waals surface area contributed by atoms with Gasteiger partial charge in [-0.3, -0.25) is 4.79 Å². The van der Waals surface area contributed by atoms with Crippen molar-refractivity contribution in [3.05, 3.63) is 40.9 Å². The van der Waals surface area contributed by atoms with Gasteiger partial charge in [0, 0.05) is 42.0 Å². The van der Waals surface area contributed by atoms with Crippen LogP contribution in [0.5, 0.6) is 0 Å². The maximum Gasteiger partial charge on any atom is 0.226 e. The van der Waals surface area contributed by atoms with Crippen LogP contribution < -0.4 is 4.72 Å². The van der Waals surface area contributed by atoms with Gasteiger partial charge in [-0.05, 0) is 25.0 Å². The molecule has 2 fully saturated rings. The summed E-state index contributed by atoms with van der Waals surface area (Å²) in [4.78, 5) is 19.4. The fraction of sp³-hybridized carbons (Fsp3) is 0.444. The molecule has 0 spiro atoms. The van der Waals surface area contributed by atoms with Crippen LogP contribution in [0.15, 0.2) is 24.4 Å². The van der Waals surface area contributed by atoms with Crippen LogP contribution in [0.1, 0.15) is 23.6 Å². The zero-order valence-electron chi connectivity index (χ0n) is 15.1. The Hall–Kier alpha value is -1.91. The molecule has 28 heavy (non-hydrogen) atoms. The lowest BCUT2D eigenvalue weighted by atomic mass is 10.2. The zero-order valence-corrected chi connectivity index (χ0v) is 16.7. The highest BCUT2D eigenvalue weighted by Crippen LogP contribution is 2.51. The number of likely N-dealkylation sites (tertiary alicyclic amines) is 1. The van der Waals surface area contributed by atoms with Gasteiger partial charge in [-0.1, -0.05) is 6.07 Å². The van der Waals surface area contributed by atoms with Gasteiger partial charge in [0.05, 0.1) is 11.8 Å². The predicted octanol–water partition coefficient (Wildman–Crippen LogP) is 2.34. The Morgan fingerprint density at radius 1 is 1.32 bits per heavy atom. The number of sulfonamides is 1. The van der Waals surface area contributed by atoms with Crippen LogP contribution in [-0.4, -0.2) is 49.6 Å². The number of halogens is 2. The van der Waals surface area contributed by atoms with Crippen molar-refractivity contribution in [3.63, 3.8) is 0 Å². The molecule has 0 bridgehead atoms. The number of rotatable bonds is 5. The minimum Gasteiger partial charge on any atom is -0.341 e. The highest BCUT2D eigenvalue weighted by Gasteiger charge is 2.48. The number of hydrogen-bond acceptors (Lipinski definition) is 5. The lowest BCUT2D eigenvalue weighted by Crippen LogP contribution is -2.38. The Bertz CT molecular complexity index is 1000. The van der Waals surface area contributed by atoms with Gasteiger partial charge in [0.2, 0.25) is 15.9 Å². The van der Waals surface area contributed by atoms with Crippen LogP contribution in [0.3, 0.4) is 0 Å². The normalized spacial score (nSPS) is 24.5. The Labute approximate surface area is 165 Å². The monoisotopic (exact) mass is 427 g/mol. The third-order valence-electron chi connectivity index (χ3n) is 5.05. The standard InChI is InChI=1S/C18H19F2N3O3S2/c1-28(25,26)22-10-5-6-23(9-10)18(24)12-7-11(12)15-8-21-17(27-15)16-13(19)3-2-4-14(16)20/h2-4,8,10-12,22H,5-7,9H2,1H3/t10-,11-,12-/m1/s1. The van der Waals surface area contributed by atoms with Gasteiger partial charge in [-0.2, -0.15) is 0 Å². The largest absolute Gasteiger partial charge is 0.341 e. The van der Waals surface area contributed by atoms with E-state index in [1.165, 1.54) is 29.5 Å². The molecule has 1 aromatic heterocycles. The second kappa shape index (κ2) is 7.16. The van der Waals surface area contributed by atoms with Gasteiger partial charge < -0.3 is 4.90 Å². The summed E-state index contributed by atoms with van der Waals surface area (Å²) in [6.45, 7) is 0.882. The number of hydrogen-bond donors (Lipinski definition) is 1. The molecule has 2 aromatic rings. The summed E-state index contributed by atoms with van der Waals surface area (Å²) in [5.41, 5.74) is -0.142. The average molecular weight is 427 g/mol. The van der Waals surface area contributed by atoms with Crippen LogP contribution >= 0.6 is 11.3 Å². The third-order valence-corrected chi connectivity index (χ3v) is 6.96. The van der Waals surface area contributed by atoms with Gasteiger partial charge in [-0.25, -0.2) is 26.9 Å². The molecule has 6 nitrogen and oxygen atoms in total. The average Bonchev–Trinajstić information content (AvgIpc) is 3.02. The van der Waals surface area contributed by atoms with Crippen molar-refractivity contribution in [3.8, 4) is 10.6 Å². The molecule has 10 heteroatoms. The van der Waals surface area contributed by atoms with Crippen LogP contribution in [0.25, 0.3) is 10.6 Å². The van der Waals surface area contributed by atoms with Crippen LogP contribution in [0.2, 0.25) is 0 Å². The molecule has 1 aliphatic carbocycles. The first-order chi connectivity index (χ1) is 13.2. The van der Waals surface area contributed by atoms with E-state index >= 15 is 0 Å². The Morgan fingerprint density at radius 3 is 2.71 bits per heavy atom. The minimum atomic E-state index is -3.30. The molecular formula is C18H19F2N3O3S2. The van der Waals surface area contributed by atoms with Crippen LogP contribution in [0, 0.1) is 17.6 Å². The van der Waals surface area contributed by atoms with E-state index in [0.717, 1.165) is 11.1 Å². The van der Waals surface area contributed by atoms with E-state index < -0.39 is 21.7 Å². The molecule has 0 radical (unpaired) electrons. The lowest BCUT2D eigenvalue weighted by molar-refractivity contribution is -0.131. The molecule has 0 unspecified atom stereocenters. The molecule has 1 N–H and O–H groups in total. The zero-order chi connectivity index (χ0) is 20.1. The Balaban J connectivity index is 1.41. The lowest BCUT2D eigenvalue weighted by Gasteiger charge is -2.16. The summed E-state index contributed by atoms with van der Waals surface area (Å²) in [5.74, 6) is -1.52. The summed E-state index contributed by atoms with van der Waals surface area (Å²) >= 11 is 1.20. The maximum absolute atomic E-state index is 13.9. The van der Waals surface area contributed by atoms with Crippen molar-refractivity contribution in [1.29, 1.82) is 0 Å². The highest BCUT2D eigenvalue weighted by molar-refractivity contribution is 7.88. The van der Waals surface area contributed by atoms with Gasteiger partial charge in [0.15, 0.2) is 0 Å². The number of nitrogens with one attached hydrogen (secondary N) is 1. The predicted molar refractivity (Wildman–Crippen MR) is 101 cm³/mol. The first-order valence-electron chi connectivity index (χ1n) is 8.89. The number of nitrogens with zero attached hydrogens (tertiary/aromatic N) is 2. The van der Waals surface area contributed by atoms with Crippen molar-refractivity contribution < 1.29 is 22.0 Å².